The number of hydrogen-bond acceptors (Lipinski definition) is 1. The normalized spacial score (nSPS) is 16.4. The second kappa shape index (κ2) is 3.62. The molecule has 0 saturated heterocycles. The largest absolute Gasteiger partial charge is 0.345 e. The minimum Gasteiger partial charge on any atom is -0.345 e. The minimum absolute atomic E-state index is 0.172. The van der Waals surface area contributed by atoms with Crippen LogP contribution >= 0.6 is 11.6 Å². The molecule has 0 fully saturated rings. The maximum Gasteiger partial charge on any atom is 0.226 e. The fourth-order valence-electron chi connectivity index (χ4n) is 1.71. The lowest BCUT2D eigenvalue weighted by molar-refractivity contribution is -0.128. The Morgan fingerprint density at radius 2 is 2.14 bits per heavy atom. The van der Waals surface area contributed by atoms with Crippen molar-refractivity contribution >= 4 is 17.5 Å². The molecule has 1 aromatic carbocycles. The van der Waals surface area contributed by atoms with E-state index < -0.39 is 0 Å². The first kappa shape index (κ1) is 9.53. The summed E-state index contributed by atoms with van der Waals surface area (Å²) in [5.41, 5.74) is 2.32. The molecule has 1 amide bonds. The first-order valence-electron chi connectivity index (χ1n) is 4.68. The summed E-state index contributed by atoms with van der Waals surface area (Å²) in [6, 6.07) is 5.80. The highest BCUT2D eigenvalue weighted by atomic mass is 35.5. The maximum atomic E-state index is 11.6. The van der Waals surface area contributed by atoms with Crippen LogP contribution in [-0.2, 0) is 17.6 Å². The third kappa shape index (κ3) is 1.75. The number of benzene rings is 1. The van der Waals surface area contributed by atoms with E-state index in [0.717, 1.165) is 18.5 Å². The van der Waals surface area contributed by atoms with Gasteiger partial charge in [0.25, 0.3) is 0 Å². The van der Waals surface area contributed by atoms with Crippen LogP contribution in [0, 0.1) is 0 Å². The third-order valence-electron chi connectivity index (χ3n) is 2.65. The lowest BCUT2D eigenvalue weighted by Crippen LogP contribution is -2.27. The van der Waals surface area contributed by atoms with Gasteiger partial charge in [-0.1, -0.05) is 17.7 Å². The summed E-state index contributed by atoms with van der Waals surface area (Å²) in [6.07, 6.45) is 1.40. The zero-order valence-corrected chi connectivity index (χ0v) is 8.84. The molecule has 1 heterocycles. The monoisotopic (exact) mass is 209 g/mol. The fraction of sp³-hybridized carbons (Fsp3) is 0.364. The SMILES string of the molecule is CN1CCc2ccc(Cl)cc2CC1=O. The smallest absolute Gasteiger partial charge is 0.226 e. The van der Waals surface area contributed by atoms with Gasteiger partial charge < -0.3 is 4.90 Å². The van der Waals surface area contributed by atoms with Gasteiger partial charge in [-0.15, -0.1) is 0 Å². The molecule has 0 saturated carbocycles. The van der Waals surface area contributed by atoms with Crippen molar-refractivity contribution in [2.45, 2.75) is 12.8 Å². The predicted molar refractivity (Wildman–Crippen MR) is 56.5 cm³/mol. The number of carbonyl (C=O) groups excluding carboxylic acids is 1. The molecule has 74 valence electrons. The van der Waals surface area contributed by atoms with E-state index in [-0.39, 0.29) is 5.91 Å². The zero-order chi connectivity index (χ0) is 10.1. The van der Waals surface area contributed by atoms with Crippen molar-refractivity contribution in [2.75, 3.05) is 13.6 Å². The van der Waals surface area contributed by atoms with Crippen molar-refractivity contribution in [1.82, 2.24) is 4.90 Å². The molecule has 14 heavy (non-hydrogen) atoms. The van der Waals surface area contributed by atoms with Crippen LogP contribution in [0.2, 0.25) is 5.02 Å². The van der Waals surface area contributed by atoms with Gasteiger partial charge in [0, 0.05) is 18.6 Å². The molecule has 1 aliphatic heterocycles. The number of fused-ring (bicyclic) bond motifs is 1. The van der Waals surface area contributed by atoms with Crippen LogP contribution in [0.5, 0.6) is 0 Å². The molecule has 1 aliphatic rings. The van der Waals surface area contributed by atoms with Gasteiger partial charge in [0.2, 0.25) is 5.91 Å². The summed E-state index contributed by atoms with van der Waals surface area (Å²) in [5.74, 6) is 0.172. The minimum atomic E-state index is 0.172. The Labute approximate surface area is 88.5 Å². The molecular weight excluding hydrogens is 198 g/mol. The van der Waals surface area contributed by atoms with Crippen molar-refractivity contribution in [3.05, 3.63) is 34.3 Å². The molecule has 0 aromatic heterocycles. The lowest BCUT2D eigenvalue weighted by Gasteiger charge is -2.12. The van der Waals surface area contributed by atoms with Crippen LogP contribution in [0.15, 0.2) is 18.2 Å². The average Bonchev–Trinajstić information content (AvgIpc) is 2.27. The molecule has 1 aromatic rings. The van der Waals surface area contributed by atoms with E-state index in [0.29, 0.717) is 11.4 Å². The van der Waals surface area contributed by atoms with Crippen molar-refractivity contribution in [1.29, 1.82) is 0 Å². The van der Waals surface area contributed by atoms with Crippen LogP contribution in [0.25, 0.3) is 0 Å². The molecule has 0 aliphatic carbocycles. The van der Waals surface area contributed by atoms with Crippen LogP contribution in [0.4, 0.5) is 0 Å². The zero-order valence-electron chi connectivity index (χ0n) is 8.09. The summed E-state index contributed by atoms with van der Waals surface area (Å²) < 4.78 is 0. The van der Waals surface area contributed by atoms with Crippen molar-refractivity contribution in [3.63, 3.8) is 0 Å². The highest BCUT2D eigenvalue weighted by Gasteiger charge is 2.17. The Bertz CT molecular complexity index is 376. The van der Waals surface area contributed by atoms with Crippen molar-refractivity contribution in [2.24, 2.45) is 0 Å². The molecule has 2 nitrogen and oxygen atoms in total. The Kier molecular flexibility index (Phi) is 2.46. The van der Waals surface area contributed by atoms with E-state index >= 15 is 0 Å². The van der Waals surface area contributed by atoms with Crippen molar-refractivity contribution < 1.29 is 4.79 Å². The molecule has 0 atom stereocenters. The Morgan fingerprint density at radius 3 is 2.93 bits per heavy atom. The van der Waals surface area contributed by atoms with Crippen LogP contribution in [-0.4, -0.2) is 24.4 Å². The van der Waals surface area contributed by atoms with Gasteiger partial charge in [-0.2, -0.15) is 0 Å². The van der Waals surface area contributed by atoms with Crippen LogP contribution in [0.3, 0.4) is 0 Å². The number of likely N-dealkylation sites (N-methyl/N-ethyl adjacent to an activating group) is 1. The highest BCUT2D eigenvalue weighted by molar-refractivity contribution is 6.30. The van der Waals surface area contributed by atoms with E-state index in [9.17, 15) is 4.79 Å². The Hall–Kier alpha value is -1.02. The summed E-state index contributed by atoms with van der Waals surface area (Å²) in [6.45, 7) is 0.799. The Morgan fingerprint density at radius 1 is 1.36 bits per heavy atom. The molecule has 0 unspecified atom stereocenters. The van der Waals surface area contributed by atoms with Gasteiger partial charge >= 0.3 is 0 Å². The van der Waals surface area contributed by atoms with E-state index in [2.05, 4.69) is 0 Å². The molecule has 0 bridgehead atoms. The number of hydrogen-bond donors (Lipinski definition) is 0. The molecule has 2 rings (SSSR count). The van der Waals surface area contributed by atoms with Gasteiger partial charge in [0.05, 0.1) is 6.42 Å². The number of carbonyl (C=O) groups is 1. The summed E-state index contributed by atoms with van der Waals surface area (Å²) in [5, 5.41) is 0.709. The van der Waals surface area contributed by atoms with E-state index in [1.54, 1.807) is 4.90 Å². The predicted octanol–water partition coefficient (Wildman–Crippen LogP) is 1.90. The maximum absolute atomic E-state index is 11.6. The van der Waals surface area contributed by atoms with Crippen molar-refractivity contribution in [3.8, 4) is 0 Å². The van der Waals surface area contributed by atoms with Gasteiger partial charge in [-0.3, -0.25) is 4.79 Å². The number of halogens is 1. The van der Waals surface area contributed by atoms with Gasteiger partial charge in [0.1, 0.15) is 0 Å². The lowest BCUT2D eigenvalue weighted by atomic mass is 10.0. The topological polar surface area (TPSA) is 20.3 Å². The molecule has 0 radical (unpaired) electrons. The first-order chi connectivity index (χ1) is 6.66. The van der Waals surface area contributed by atoms with E-state index in [1.165, 1.54) is 5.56 Å². The summed E-state index contributed by atoms with van der Waals surface area (Å²) in [4.78, 5) is 13.3. The van der Waals surface area contributed by atoms with Gasteiger partial charge in [0.15, 0.2) is 0 Å². The molecule has 0 N–H and O–H groups in total. The quantitative estimate of drug-likeness (QED) is 0.639. The second-order valence-corrected chi connectivity index (χ2v) is 4.09. The number of amides is 1. The number of nitrogens with zero attached hydrogens (tertiary/aromatic N) is 1. The Balaban J connectivity index is 2.38. The second-order valence-electron chi connectivity index (χ2n) is 3.66. The van der Waals surface area contributed by atoms with E-state index in [4.69, 9.17) is 11.6 Å². The summed E-state index contributed by atoms with van der Waals surface area (Å²) >= 11 is 5.89. The standard InChI is InChI=1S/C11H12ClNO/c1-13-5-4-8-2-3-10(12)6-9(8)7-11(13)14/h2-3,6H,4-5,7H2,1H3. The van der Waals surface area contributed by atoms with E-state index in [1.807, 2.05) is 25.2 Å². The molecule has 0 spiro atoms. The first-order valence-corrected chi connectivity index (χ1v) is 5.06. The number of rotatable bonds is 0. The molecular formula is C11H12ClNO. The fourth-order valence-corrected chi connectivity index (χ4v) is 1.91. The summed E-state index contributed by atoms with van der Waals surface area (Å²) in [7, 11) is 1.84. The molecule has 3 heteroatoms. The highest BCUT2D eigenvalue weighted by Crippen LogP contribution is 2.20. The van der Waals surface area contributed by atoms with Gasteiger partial charge in [-0.25, -0.2) is 0 Å². The van der Waals surface area contributed by atoms with Crippen LogP contribution < -0.4 is 0 Å². The van der Waals surface area contributed by atoms with Gasteiger partial charge in [-0.05, 0) is 29.7 Å². The average molecular weight is 210 g/mol. The third-order valence-corrected chi connectivity index (χ3v) is 2.89. The van der Waals surface area contributed by atoms with Crippen LogP contribution in [0.1, 0.15) is 11.1 Å².